The number of nitrogens with zero attached hydrogens (tertiary/aromatic N) is 2. The Morgan fingerprint density at radius 1 is 1.56 bits per heavy atom. The van der Waals surface area contributed by atoms with Crippen molar-refractivity contribution in [1.29, 1.82) is 0 Å². The van der Waals surface area contributed by atoms with Gasteiger partial charge >= 0.3 is 0 Å². The van der Waals surface area contributed by atoms with E-state index in [0.717, 1.165) is 25.3 Å². The zero-order valence-electron chi connectivity index (χ0n) is 10.0. The van der Waals surface area contributed by atoms with E-state index < -0.39 is 0 Å². The molecule has 2 heterocycles. The van der Waals surface area contributed by atoms with Gasteiger partial charge in [0.25, 0.3) is 0 Å². The average molecular weight is 242 g/mol. The third-order valence-corrected chi connectivity index (χ3v) is 3.62. The summed E-state index contributed by atoms with van der Waals surface area (Å²) in [5.41, 5.74) is 6.88. The fourth-order valence-corrected chi connectivity index (χ4v) is 2.98. The average Bonchev–Trinajstić information content (AvgIpc) is 2.58. The molecule has 0 saturated carbocycles. The summed E-state index contributed by atoms with van der Waals surface area (Å²) in [5, 5.41) is 0.696. The highest BCUT2D eigenvalue weighted by Crippen LogP contribution is 2.36. The molecule has 0 amide bonds. The molecule has 0 fully saturated rings. The topological polar surface area (TPSA) is 43.8 Å². The molecular weight excluding hydrogens is 222 g/mol. The van der Waals surface area contributed by atoms with Crippen LogP contribution in [-0.4, -0.2) is 16.1 Å². The second-order valence-corrected chi connectivity index (χ2v) is 5.23. The third-order valence-electron chi connectivity index (χ3n) is 3.34. The summed E-state index contributed by atoms with van der Waals surface area (Å²) >= 11 is 6.26. The van der Waals surface area contributed by atoms with Crippen LogP contribution in [-0.2, 0) is 6.54 Å². The zero-order chi connectivity index (χ0) is 11.7. The third kappa shape index (κ3) is 1.98. The van der Waals surface area contributed by atoms with Crippen LogP contribution >= 0.6 is 11.6 Å². The molecule has 1 atom stereocenters. The molecule has 0 saturated heterocycles. The predicted molar refractivity (Wildman–Crippen MR) is 67.0 cm³/mol. The first-order valence-corrected chi connectivity index (χ1v) is 6.48. The Morgan fingerprint density at radius 3 is 2.94 bits per heavy atom. The van der Waals surface area contributed by atoms with E-state index in [1.54, 1.807) is 0 Å². The first-order valence-electron chi connectivity index (χ1n) is 6.11. The molecule has 0 bridgehead atoms. The number of nitrogens with two attached hydrogens (primary N) is 1. The van der Waals surface area contributed by atoms with Crippen molar-refractivity contribution >= 4 is 11.6 Å². The minimum Gasteiger partial charge on any atom is -0.330 e. The van der Waals surface area contributed by atoms with Crippen LogP contribution in [0.4, 0.5) is 0 Å². The van der Waals surface area contributed by atoms with Crippen molar-refractivity contribution in [2.24, 2.45) is 5.73 Å². The minimum absolute atomic E-state index is 0.433. The Bertz CT molecular complexity index is 371. The first-order chi connectivity index (χ1) is 7.65. The number of hydrogen-bond donors (Lipinski definition) is 1. The number of halogens is 1. The highest BCUT2D eigenvalue weighted by atomic mass is 35.5. The molecule has 2 rings (SSSR count). The second-order valence-electron chi connectivity index (χ2n) is 4.87. The number of aromatic nitrogens is 2. The largest absolute Gasteiger partial charge is 0.330 e. The van der Waals surface area contributed by atoms with Crippen molar-refractivity contribution < 1.29 is 0 Å². The number of hydrogen-bond acceptors (Lipinski definition) is 2. The Kier molecular flexibility index (Phi) is 3.55. The van der Waals surface area contributed by atoms with Gasteiger partial charge in [0.1, 0.15) is 5.82 Å². The second kappa shape index (κ2) is 4.76. The number of rotatable bonds is 3. The van der Waals surface area contributed by atoms with E-state index in [1.807, 2.05) is 0 Å². The molecule has 16 heavy (non-hydrogen) atoms. The quantitative estimate of drug-likeness (QED) is 0.885. The monoisotopic (exact) mass is 241 g/mol. The van der Waals surface area contributed by atoms with Gasteiger partial charge in [-0.25, -0.2) is 4.98 Å². The summed E-state index contributed by atoms with van der Waals surface area (Å²) in [7, 11) is 0. The fraction of sp³-hybridized carbons (Fsp3) is 0.750. The van der Waals surface area contributed by atoms with E-state index >= 15 is 0 Å². The number of imidazole rings is 1. The van der Waals surface area contributed by atoms with Gasteiger partial charge in [-0.2, -0.15) is 0 Å². The van der Waals surface area contributed by atoms with E-state index in [1.165, 1.54) is 18.5 Å². The van der Waals surface area contributed by atoms with E-state index in [4.69, 9.17) is 17.3 Å². The number of fused-ring (bicyclic) bond motifs is 1. The normalized spacial score (nSPS) is 20.2. The van der Waals surface area contributed by atoms with Gasteiger partial charge in [-0.15, -0.1) is 0 Å². The van der Waals surface area contributed by atoms with Crippen LogP contribution in [0, 0.1) is 0 Å². The molecule has 2 N–H and O–H groups in total. The van der Waals surface area contributed by atoms with E-state index in [9.17, 15) is 0 Å². The summed E-state index contributed by atoms with van der Waals surface area (Å²) < 4.78 is 2.32. The minimum atomic E-state index is 0.433. The lowest BCUT2D eigenvalue weighted by molar-refractivity contribution is 0.426. The molecular formula is C12H20ClN3. The Hall–Kier alpha value is -0.540. The highest BCUT2D eigenvalue weighted by Gasteiger charge is 2.27. The molecule has 1 aliphatic rings. The molecule has 1 unspecified atom stereocenters. The van der Waals surface area contributed by atoms with Crippen LogP contribution in [0.15, 0.2) is 0 Å². The summed E-state index contributed by atoms with van der Waals surface area (Å²) in [6, 6.07) is 0. The zero-order valence-corrected chi connectivity index (χ0v) is 10.8. The van der Waals surface area contributed by atoms with Crippen LogP contribution < -0.4 is 5.73 Å². The Labute approximate surface area is 102 Å². The molecule has 0 aromatic carbocycles. The van der Waals surface area contributed by atoms with Crippen molar-refractivity contribution in [3.05, 3.63) is 16.7 Å². The van der Waals surface area contributed by atoms with Crippen molar-refractivity contribution in [2.45, 2.75) is 51.5 Å². The summed E-state index contributed by atoms with van der Waals surface area (Å²) in [6.07, 6.45) is 3.42. The fourth-order valence-electron chi connectivity index (χ4n) is 2.63. The predicted octanol–water partition coefficient (Wildman–Crippen LogP) is 2.89. The maximum absolute atomic E-state index is 6.26. The van der Waals surface area contributed by atoms with Gasteiger partial charge in [-0.1, -0.05) is 25.4 Å². The van der Waals surface area contributed by atoms with Crippen molar-refractivity contribution in [3.8, 4) is 0 Å². The van der Waals surface area contributed by atoms with E-state index in [2.05, 4.69) is 23.4 Å². The van der Waals surface area contributed by atoms with Crippen LogP contribution in [0.1, 0.15) is 56.5 Å². The standard InChI is InChI=1S/C12H20ClN3/c1-8(2)12-15-11(13)10-9(5-6-14)4-3-7-16(10)12/h8-9H,3-7,14H2,1-2H3. The van der Waals surface area contributed by atoms with Crippen LogP contribution in [0.3, 0.4) is 0 Å². The first kappa shape index (κ1) is 11.9. The van der Waals surface area contributed by atoms with Gasteiger partial charge in [0.2, 0.25) is 0 Å². The molecule has 0 aliphatic carbocycles. The Morgan fingerprint density at radius 2 is 2.31 bits per heavy atom. The molecule has 1 aromatic rings. The lowest BCUT2D eigenvalue weighted by Crippen LogP contribution is -2.20. The summed E-state index contributed by atoms with van der Waals surface area (Å²) in [4.78, 5) is 4.51. The van der Waals surface area contributed by atoms with Gasteiger partial charge in [-0.3, -0.25) is 0 Å². The lowest BCUT2D eigenvalue weighted by Gasteiger charge is -2.25. The van der Waals surface area contributed by atoms with Crippen molar-refractivity contribution in [3.63, 3.8) is 0 Å². The SMILES string of the molecule is CC(C)c1nc(Cl)c2n1CCCC2CCN. The summed E-state index contributed by atoms with van der Waals surface area (Å²) in [5.74, 6) is 2.07. The van der Waals surface area contributed by atoms with E-state index in [-0.39, 0.29) is 0 Å². The van der Waals surface area contributed by atoms with Gasteiger partial charge in [0.15, 0.2) is 5.15 Å². The maximum atomic E-state index is 6.26. The molecule has 4 heteroatoms. The Balaban J connectivity index is 2.40. The highest BCUT2D eigenvalue weighted by molar-refractivity contribution is 6.30. The van der Waals surface area contributed by atoms with Crippen molar-refractivity contribution in [1.82, 2.24) is 9.55 Å². The van der Waals surface area contributed by atoms with Gasteiger partial charge in [-0.05, 0) is 25.8 Å². The van der Waals surface area contributed by atoms with Crippen molar-refractivity contribution in [2.75, 3.05) is 6.54 Å². The maximum Gasteiger partial charge on any atom is 0.150 e. The summed E-state index contributed by atoms with van der Waals surface area (Å²) in [6.45, 7) is 6.11. The van der Waals surface area contributed by atoms with Crippen LogP contribution in [0.5, 0.6) is 0 Å². The molecule has 1 aromatic heterocycles. The molecule has 3 nitrogen and oxygen atoms in total. The van der Waals surface area contributed by atoms with Gasteiger partial charge in [0.05, 0.1) is 5.69 Å². The van der Waals surface area contributed by atoms with Crippen LogP contribution in [0.25, 0.3) is 0 Å². The van der Waals surface area contributed by atoms with Gasteiger partial charge in [0, 0.05) is 18.4 Å². The van der Waals surface area contributed by atoms with Crippen LogP contribution in [0.2, 0.25) is 5.15 Å². The smallest absolute Gasteiger partial charge is 0.150 e. The van der Waals surface area contributed by atoms with Gasteiger partial charge < -0.3 is 10.3 Å². The van der Waals surface area contributed by atoms with E-state index in [0.29, 0.717) is 17.0 Å². The molecule has 90 valence electrons. The molecule has 0 radical (unpaired) electrons. The lowest BCUT2D eigenvalue weighted by atomic mass is 9.93. The molecule has 1 aliphatic heterocycles. The molecule has 0 spiro atoms.